The second-order valence-corrected chi connectivity index (χ2v) is 8.68. The molecule has 1 heterocycles. The van der Waals surface area contributed by atoms with Crippen molar-refractivity contribution in [2.24, 2.45) is 5.73 Å². The van der Waals surface area contributed by atoms with Crippen LogP contribution in [0.4, 0.5) is 13.2 Å². The topological polar surface area (TPSA) is 144 Å². The second kappa shape index (κ2) is 8.24. The number of sulfone groups is 1. The summed E-state index contributed by atoms with van der Waals surface area (Å²) in [5.74, 6) is -3.45. The quantitative estimate of drug-likeness (QED) is 0.581. The first-order chi connectivity index (χ1) is 14.8. The third-order valence-corrected chi connectivity index (χ3v) is 6.37. The Morgan fingerprint density at radius 2 is 1.59 bits per heavy atom. The molecule has 2 aromatic carbocycles. The van der Waals surface area contributed by atoms with Crippen LogP contribution in [0.5, 0.6) is 5.75 Å². The SMILES string of the molecule is NC(CCN1C(=O)c2ccc(S(=O)(=O)c3ccc(OC(F)(F)F)cc3)cc2C1=O)C(=O)O. The normalized spacial score (nSPS) is 14.9. The lowest BCUT2D eigenvalue weighted by molar-refractivity contribution is -0.274. The van der Waals surface area contributed by atoms with Gasteiger partial charge in [0.1, 0.15) is 11.8 Å². The van der Waals surface area contributed by atoms with Gasteiger partial charge in [-0.2, -0.15) is 0 Å². The Hall–Kier alpha value is -3.45. The summed E-state index contributed by atoms with van der Waals surface area (Å²) in [4.78, 5) is 35.9. The first kappa shape index (κ1) is 23.2. The molecule has 2 amide bonds. The molecule has 170 valence electrons. The number of benzene rings is 2. The predicted octanol–water partition coefficient (Wildman–Crippen LogP) is 1.82. The minimum atomic E-state index is -4.94. The lowest BCUT2D eigenvalue weighted by atomic mass is 10.1. The molecule has 0 radical (unpaired) electrons. The van der Waals surface area contributed by atoms with Gasteiger partial charge < -0.3 is 15.6 Å². The molecule has 3 N–H and O–H groups in total. The molecule has 0 saturated heterocycles. The number of nitrogens with zero attached hydrogens (tertiary/aromatic N) is 1. The number of hydrogen-bond acceptors (Lipinski definition) is 7. The number of alkyl halides is 3. The third-order valence-electron chi connectivity index (χ3n) is 4.60. The number of amides is 2. The van der Waals surface area contributed by atoms with Crippen molar-refractivity contribution in [2.75, 3.05) is 6.54 Å². The number of carboxylic acid groups (broad SMARTS) is 1. The molecule has 9 nitrogen and oxygen atoms in total. The molecule has 0 aromatic heterocycles. The van der Waals surface area contributed by atoms with Crippen molar-refractivity contribution >= 4 is 27.6 Å². The van der Waals surface area contributed by atoms with E-state index in [1.54, 1.807) is 0 Å². The Morgan fingerprint density at radius 1 is 1.03 bits per heavy atom. The number of carbonyl (C=O) groups excluding carboxylic acids is 2. The fourth-order valence-corrected chi connectivity index (χ4v) is 4.28. The predicted molar refractivity (Wildman–Crippen MR) is 101 cm³/mol. The molecule has 0 bridgehead atoms. The Kier molecular flexibility index (Phi) is 5.98. The fraction of sp³-hybridized carbons (Fsp3) is 0.211. The standard InChI is InChI=1S/C19H15F3N2O7S/c20-19(21,22)31-10-1-3-11(4-2-10)32(29,30)12-5-6-13-14(9-12)17(26)24(16(13)25)8-7-15(23)18(27)28/h1-6,9,15H,7-8,23H2,(H,27,28). The summed E-state index contributed by atoms with van der Waals surface area (Å²) in [6.45, 7) is -0.275. The van der Waals surface area contributed by atoms with Gasteiger partial charge in [-0.1, -0.05) is 0 Å². The van der Waals surface area contributed by atoms with Crippen LogP contribution in [-0.2, 0) is 14.6 Å². The van der Waals surface area contributed by atoms with Gasteiger partial charge in [-0.15, -0.1) is 13.2 Å². The highest BCUT2D eigenvalue weighted by atomic mass is 32.2. The van der Waals surface area contributed by atoms with Gasteiger partial charge in [0.2, 0.25) is 9.84 Å². The number of rotatable bonds is 7. The van der Waals surface area contributed by atoms with E-state index in [9.17, 15) is 36.0 Å². The minimum absolute atomic E-state index is 0.0632. The molecule has 0 fully saturated rings. The van der Waals surface area contributed by atoms with E-state index < -0.39 is 45.8 Å². The van der Waals surface area contributed by atoms with Crippen LogP contribution in [0.15, 0.2) is 52.3 Å². The maximum absolute atomic E-state index is 12.8. The van der Waals surface area contributed by atoms with E-state index in [2.05, 4.69) is 4.74 Å². The number of halogens is 3. The van der Waals surface area contributed by atoms with E-state index in [1.165, 1.54) is 0 Å². The fourth-order valence-electron chi connectivity index (χ4n) is 2.99. The van der Waals surface area contributed by atoms with Crippen LogP contribution in [0.3, 0.4) is 0 Å². The van der Waals surface area contributed by atoms with Gasteiger partial charge in [-0.3, -0.25) is 19.3 Å². The van der Waals surface area contributed by atoms with E-state index in [-0.39, 0.29) is 33.9 Å². The highest BCUT2D eigenvalue weighted by Gasteiger charge is 2.37. The van der Waals surface area contributed by atoms with E-state index in [0.29, 0.717) is 0 Å². The minimum Gasteiger partial charge on any atom is -0.480 e. The number of fused-ring (bicyclic) bond motifs is 1. The van der Waals surface area contributed by atoms with Gasteiger partial charge in [0.25, 0.3) is 11.8 Å². The smallest absolute Gasteiger partial charge is 0.480 e. The van der Waals surface area contributed by atoms with Crippen LogP contribution in [0.25, 0.3) is 0 Å². The van der Waals surface area contributed by atoms with Crippen LogP contribution >= 0.6 is 0 Å². The highest BCUT2D eigenvalue weighted by molar-refractivity contribution is 7.91. The van der Waals surface area contributed by atoms with Crippen LogP contribution in [0.1, 0.15) is 27.1 Å². The molecule has 1 aliphatic rings. The van der Waals surface area contributed by atoms with E-state index in [1.807, 2.05) is 0 Å². The number of hydrogen-bond donors (Lipinski definition) is 2. The Bertz CT molecular complexity index is 1190. The summed E-state index contributed by atoms with van der Waals surface area (Å²) in [5, 5.41) is 8.82. The summed E-state index contributed by atoms with van der Waals surface area (Å²) in [5.41, 5.74) is 5.12. The molecule has 0 aliphatic carbocycles. The lowest BCUT2D eigenvalue weighted by Gasteiger charge is -2.15. The van der Waals surface area contributed by atoms with Gasteiger partial charge in [0, 0.05) is 6.54 Å². The molecular formula is C19H15F3N2O7S. The Balaban J connectivity index is 1.86. The molecule has 32 heavy (non-hydrogen) atoms. The summed E-state index contributed by atoms with van der Waals surface area (Å²) in [6.07, 6.45) is -5.13. The van der Waals surface area contributed by atoms with Gasteiger partial charge in [-0.05, 0) is 48.9 Å². The Morgan fingerprint density at radius 3 is 2.16 bits per heavy atom. The van der Waals surface area contributed by atoms with Crippen molar-refractivity contribution in [3.8, 4) is 5.75 Å². The number of nitrogens with two attached hydrogens (primary N) is 1. The van der Waals surface area contributed by atoms with Gasteiger partial charge in [0.15, 0.2) is 0 Å². The molecule has 2 aromatic rings. The zero-order valence-electron chi connectivity index (χ0n) is 16.0. The molecule has 0 spiro atoms. The summed E-state index contributed by atoms with van der Waals surface area (Å²) in [7, 11) is -4.23. The number of ether oxygens (including phenoxy) is 1. The van der Waals surface area contributed by atoms with Crippen molar-refractivity contribution < 1.29 is 45.8 Å². The lowest BCUT2D eigenvalue weighted by Crippen LogP contribution is -2.37. The average Bonchev–Trinajstić information content (AvgIpc) is 2.95. The van der Waals surface area contributed by atoms with Crippen LogP contribution in [0.2, 0.25) is 0 Å². The Labute approximate surface area is 179 Å². The second-order valence-electron chi connectivity index (χ2n) is 6.73. The van der Waals surface area contributed by atoms with Crippen molar-refractivity contribution in [3.05, 3.63) is 53.6 Å². The van der Waals surface area contributed by atoms with Gasteiger partial charge >= 0.3 is 12.3 Å². The molecule has 1 unspecified atom stereocenters. The largest absolute Gasteiger partial charge is 0.573 e. The number of carboxylic acids is 1. The van der Waals surface area contributed by atoms with Gasteiger partial charge in [0.05, 0.1) is 20.9 Å². The maximum atomic E-state index is 12.8. The average molecular weight is 472 g/mol. The summed E-state index contributed by atoms with van der Waals surface area (Å²) >= 11 is 0. The van der Waals surface area contributed by atoms with Crippen molar-refractivity contribution in [3.63, 3.8) is 0 Å². The molecule has 1 atom stereocenters. The number of carbonyl (C=O) groups is 3. The highest BCUT2D eigenvalue weighted by Crippen LogP contribution is 2.30. The molecule has 0 saturated carbocycles. The van der Waals surface area contributed by atoms with Crippen LogP contribution in [0, 0.1) is 0 Å². The van der Waals surface area contributed by atoms with Crippen molar-refractivity contribution in [1.82, 2.24) is 4.90 Å². The number of imide groups is 1. The van der Waals surface area contributed by atoms with E-state index >= 15 is 0 Å². The monoisotopic (exact) mass is 472 g/mol. The van der Waals surface area contributed by atoms with Crippen LogP contribution in [-0.4, -0.2) is 55.2 Å². The first-order valence-corrected chi connectivity index (χ1v) is 10.4. The van der Waals surface area contributed by atoms with Crippen LogP contribution < -0.4 is 10.5 Å². The summed E-state index contributed by atoms with van der Waals surface area (Å²) < 4.78 is 66.2. The van der Waals surface area contributed by atoms with Crippen molar-refractivity contribution in [1.29, 1.82) is 0 Å². The zero-order valence-corrected chi connectivity index (χ0v) is 16.8. The summed E-state index contributed by atoms with van der Waals surface area (Å²) in [6, 6.07) is 5.41. The molecular weight excluding hydrogens is 457 g/mol. The van der Waals surface area contributed by atoms with Crippen molar-refractivity contribution in [2.45, 2.75) is 28.6 Å². The van der Waals surface area contributed by atoms with E-state index in [0.717, 1.165) is 47.4 Å². The number of aliphatic carboxylic acids is 1. The van der Waals surface area contributed by atoms with E-state index in [4.69, 9.17) is 10.8 Å². The molecule has 3 rings (SSSR count). The van der Waals surface area contributed by atoms with Gasteiger partial charge in [-0.25, -0.2) is 8.42 Å². The molecule has 1 aliphatic heterocycles. The third kappa shape index (κ3) is 4.57. The molecule has 13 heteroatoms. The zero-order chi connectivity index (χ0) is 23.8. The maximum Gasteiger partial charge on any atom is 0.573 e. The first-order valence-electron chi connectivity index (χ1n) is 8.91.